The molecule has 0 saturated heterocycles. The second-order valence-electron chi connectivity index (χ2n) is 3.30. The van der Waals surface area contributed by atoms with E-state index in [0.717, 1.165) is 5.16 Å². The summed E-state index contributed by atoms with van der Waals surface area (Å²) in [7, 11) is 1.33. The molecular weight excluding hydrogens is 216 g/mol. The molecular formula is C8H14N4O2S. The van der Waals surface area contributed by atoms with Crippen LogP contribution < -0.4 is 5.73 Å². The van der Waals surface area contributed by atoms with Gasteiger partial charge in [-0.05, 0) is 13.3 Å². The second-order valence-corrected chi connectivity index (χ2v) is 4.38. The minimum atomic E-state index is -0.943. The Bertz CT molecular complexity index is 312. The van der Waals surface area contributed by atoms with E-state index in [1.54, 1.807) is 6.92 Å². The Balaban J connectivity index is 2.33. The van der Waals surface area contributed by atoms with Gasteiger partial charge in [-0.3, -0.25) is 9.89 Å². The number of hydrogen-bond acceptors (Lipinski definition) is 6. The summed E-state index contributed by atoms with van der Waals surface area (Å²) in [4.78, 5) is 15.2. The van der Waals surface area contributed by atoms with Crippen LogP contribution in [0.1, 0.15) is 13.3 Å². The van der Waals surface area contributed by atoms with E-state index in [2.05, 4.69) is 19.9 Å². The molecule has 1 heterocycles. The lowest BCUT2D eigenvalue weighted by atomic mass is 10.0. The standard InChI is InChI=1S/C8H14N4O2S/c1-8(9,6(13)14-2)3-4-15-7-10-5-11-12-7/h5H,3-4,9H2,1-2H3,(H,10,11,12). The highest BCUT2D eigenvalue weighted by molar-refractivity contribution is 7.99. The number of thioether (sulfide) groups is 1. The molecule has 0 aromatic carbocycles. The molecule has 1 aromatic heterocycles. The number of aromatic amines is 1. The maximum Gasteiger partial charge on any atom is 0.325 e. The first-order chi connectivity index (χ1) is 7.06. The Kier molecular flexibility index (Phi) is 4.10. The summed E-state index contributed by atoms with van der Waals surface area (Å²) in [5.41, 5.74) is 4.83. The van der Waals surface area contributed by atoms with E-state index >= 15 is 0 Å². The predicted octanol–water partition coefficient (Wildman–Crippen LogP) is 0.177. The Morgan fingerprint density at radius 1 is 1.80 bits per heavy atom. The SMILES string of the molecule is COC(=O)C(C)(N)CCSc1ncn[nH]1. The zero-order valence-electron chi connectivity index (χ0n) is 8.69. The summed E-state index contributed by atoms with van der Waals surface area (Å²) in [5, 5.41) is 7.14. The Morgan fingerprint density at radius 2 is 2.53 bits per heavy atom. The molecule has 0 bridgehead atoms. The van der Waals surface area contributed by atoms with Gasteiger partial charge in [-0.25, -0.2) is 4.98 Å². The molecule has 0 saturated carbocycles. The highest BCUT2D eigenvalue weighted by Gasteiger charge is 2.28. The van der Waals surface area contributed by atoms with E-state index in [4.69, 9.17) is 5.73 Å². The number of H-pyrrole nitrogens is 1. The minimum Gasteiger partial charge on any atom is -0.468 e. The molecule has 6 nitrogen and oxygen atoms in total. The summed E-state index contributed by atoms with van der Waals surface area (Å²) in [6.45, 7) is 1.65. The van der Waals surface area contributed by atoms with Gasteiger partial charge in [-0.1, -0.05) is 11.8 Å². The molecule has 0 amide bonds. The highest BCUT2D eigenvalue weighted by Crippen LogP contribution is 2.17. The number of ether oxygens (including phenoxy) is 1. The molecule has 1 unspecified atom stereocenters. The van der Waals surface area contributed by atoms with Gasteiger partial charge in [0.15, 0.2) is 5.16 Å². The lowest BCUT2D eigenvalue weighted by molar-refractivity contribution is -0.146. The maximum atomic E-state index is 11.2. The van der Waals surface area contributed by atoms with Crippen LogP contribution in [0.15, 0.2) is 11.5 Å². The van der Waals surface area contributed by atoms with Gasteiger partial charge >= 0.3 is 5.97 Å². The van der Waals surface area contributed by atoms with Crippen LogP contribution in [0, 0.1) is 0 Å². The lowest BCUT2D eigenvalue weighted by Crippen LogP contribution is -2.46. The summed E-state index contributed by atoms with van der Waals surface area (Å²) in [5.74, 6) is 0.276. The molecule has 7 heteroatoms. The van der Waals surface area contributed by atoms with Crippen molar-refractivity contribution in [1.82, 2.24) is 15.2 Å². The van der Waals surface area contributed by atoms with Crippen molar-refractivity contribution in [1.29, 1.82) is 0 Å². The summed E-state index contributed by atoms with van der Waals surface area (Å²) < 4.78 is 4.59. The van der Waals surface area contributed by atoms with Crippen molar-refractivity contribution in [3.8, 4) is 0 Å². The van der Waals surface area contributed by atoms with Gasteiger partial charge in [0.05, 0.1) is 7.11 Å². The van der Waals surface area contributed by atoms with E-state index in [9.17, 15) is 4.79 Å². The molecule has 0 fully saturated rings. The fourth-order valence-electron chi connectivity index (χ4n) is 0.959. The third-order valence-electron chi connectivity index (χ3n) is 1.90. The van der Waals surface area contributed by atoms with Crippen molar-refractivity contribution >= 4 is 17.7 Å². The smallest absolute Gasteiger partial charge is 0.325 e. The first-order valence-corrected chi connectivity index (χ1v) is 5.40. The van der Waals surface area contributed by atoms with Crippen molar-refractivity contribution in [2.24, 2.45) is 5.73 Å². The maximum absolute atomic E-state index is 11.2. The topological polar surface area (TPSA) is 93.9 Å². The minimum absolute atomic E-state index is 0.402. The Morgan fingerprint density at radius 3 is 3.07 bits per heavy atom. The first kappa shape index (κ1) is 12.0. The van der Waals surface area contributed by atoms with E-state index in [0.29, 0.717) is 12.2 Å². The number of carbonyl (C=O) groups excluding carboxylic acids is 1. The molecule has 0 radical (unpaired) electrons. The number of rotatable bonds is 5. The number of nitrogens with zero attached hydrogens (tertiary/aromatic N) is 2. The molecule has 1 atom stereocenters. The van der Waals surface area contributed by atoms with Crippen molar-refractivity contribution in [2.45, 2.75) is 24.0 Å². The summed E-state index contributed by atoms with van der Waals surface area (Å²) >= 11 is 1.46. The molecule has 1 rings (SSSR count). The van der Waals surface area contributed by atoms with Gasteiger partial charge in [0.1, 0.15) is 11.9 Å². The van der Waals surface area contributed by atoms with E-state index in [1.165, 1.54) is 25.2 Å². The Labute approximate surface area is 92.0 Å². The number of esters is 1. The molecule has 0 spiro atoms. The number of carbonyl (C=O) groups is 1. The van der Waals surface area contributed by atoms with Crippen LogP contribution in [0.2, 0.25) is 0 Å². The van der Waals surface area contributed by atoms with E-state index < -0.39 is 11.5 Å². The zero-order chi connectivity index (χ0) is 11.3. The van der Waals surface area contributed by atoms with E-state index in [1.807, 2.05) is 0 Å². The van der Waals surface area contributed by atoms with Crippen LogP contribution in [-0.2, 0) is 9.53 Å². The van der Waals surface area contributed by atoms with Gasteiger partial charge in [-0.15, -0.1) is 0 Å². The van der Waals surface area contributed by atoms with Gasteiger partial charge in [0, 0.05) is 5.75 Å². The van der Waals surface area contributed by atoms with Gasteiger partial charge in [0.2, 0.25) is 0 Å². The third-order valence-corrected chi connectivity index (χ3v) is 2.78. The van der Waals surface area contributed by atoms with Crippen molar-refractivity contribution in [2.75, 3.05) is 12.9 Å². The molecule has 1 aromatic rings. The van der Waals surface area contributed by atoms with Crippen molar-refractivity contribution in [3.63, 3.8) is 0 Å². The van der Waals surface area contributed by atoms with Gasteiger partial charge in [0.25, 0.3) is 0 Å². The van der Waals surface area contributed by atoms with Crippen LogP contribution in [0.25, 0.3) is 0 Å². The molecule has 84 valence electrons. The highest BCUT2D eigenvalue weighted by atomic mass is 32.2. The molecule has 0 aliphatic rings. The fourth-order valence-corrected chi connectivity index (χ4v) is 1.92. The summed E-state index contributed by atoms with van der Waals surface area (Å²) in [6.07, 6.45) is 1.95. The van der Waals surface area contributed by atoms with Gasteiger partial charge < -0.3 is 10.5 Å². The van der Waals surface area contributed by atoms with Crippen LogP contribution in [-0.4, -0.2) is 39.6 Å². The second kappa shape index (κ2) is 5.13. The van der Waals surface area contributed by atoms with Crippen LogP contribution in [0.5, 0.6) is 0 Å². The number of methoxy groups -OCH3 is 1. The number of hydrogen-bond donors (Lipinski definition) is 2. The average Bonchev–Trinajstić information content (AvgIpc) is 2.69. The Hall–Kier alpha value is -1.08. The van der Waals surface area contributed by atoms with Crippen LogP contribution in [0.3, 0.4) is 0 Å². The molecule has 15 heavy (non-hydrogen) atoms. The van der Waals surface area contributed by atoms with Gasteiger partial charge in [-0.2, -0.15) is 5.10 Å². The number of nitrogens with one attached hydrogen (secondary N) is 1. The predicted molar refractivity (Wildman–Crippen MR) is 56.3 cm³/mol. The monoisotopic (exact) mass is 230 g/mol. The lowest BCUT2D eigenvalue weighted by Gasteiger charge is -2.20. The number of nitrogens with two attached hydrogens (primary N) is 1. The summed E-state index contributed by atoms with van der Waals surface area (Å²) in [6, 6.07) is 0. The van der Waals surface area contributed by atoms with Crippen molar-refractivity contribution in [3.05, 3.63) is 6.33 Å². The third kappa shape index (κ3) is 3.52. The van der Waals surface area contributed by atoms with E-state index in [-0.39, 0.29) is 0 Å². The average molecular weight is 230 g/mol. The normalized spacial score (nSPS) is 14.6. The first-order valence-electron chi connectivity index (χ1n) is 4.42. The molecule has 0 aliphatic carbocycles. The molecule has 0 aliphatic heterocycles. The van der Waals surface area contributed by atoms with Crippen LogP contribution >= 0.6 is 11.8 Å². The van der Waals surface area contributed by atoms with Crippen LogP contribution in [0.4, 0.5) is 0 Å². The molecule has 3 N–H and O–H groups in total. The fraction of sp³-hybridized carbons (Fsp3) is 0.625. The number of aromatic nitrogens is 3. The largest absolute Gasteiger partial charge is 0.468 e. The quantitative estimate of drug-likeness (QED) is 0.553. The zero-order valence-corrected chi connectivity index (χ0v) is 9.50. The van der Waals surface area contributed by atoms with Crippen molar-refractivity contribution < 1.29 is 9.53 Å².